The minimum atomic E-state index is -0.0846. The molecule has 0 fully saturated rings. The molecule has 0 saturated heterocycles. The lowest BCUT2D eigenvalue weighted by Crippen LogP contribution is -2.13. The molecule has 0 radical (unpaired) electrons. The number of benzene rings is 2. The number of carbonyl (C=O) groups is 1. The molecule has 0 saturated carbocycles. The monoisotopic (exact) mass is 302 g/mol. The zero-order valence-electron chi connectivity index (χ0n) is 12.5. The Bertz CT molecular complexity index is 642. The second-order valence-electron chi connectivity index (χ2n) is 6.00. The maximum atomic E-state index is 12.1. The first-order valence-corrected chi connectivity index (χ1v) is 7.26. The van der Waals surface area contributed by atoms with Gasteiger partial charge in [-0.15, -0.1) is 0 Å². The lowest BCUT2D eigenvalue weighted by Gasteiger charge is -2.19. The average Bonchev–Trinajstić information content (AvgIpc) is 2.44. The van der Waals surface area contributed by atoms with Gasteiger partial charge in [-0.05, 0) is 35.2 Å². The second kappa shape index (κ2) is 6.31. The third kappa shape index (κ3) is 4.33. The van der Waals surface area contributed by atoms with Gasteiger partial charge < -0.3 is 4.74 Å². The molecule has 0 aliphatic rings. The Kier molecular flexibility index (Phi) is 4.69. The molecule has 0 atom stereocenters. The van der Waals surface area contributed by atoms with E-state index in [1.807, 2.05) is 18.2 Å². The van der Waals surface area contributed by atoms with Crippen molar-refractivity contribution in [2.75, 3.05) is 6.61 Å². The van der Waals surface area contributed by atoms with Gasteiger partial charge in [-0.25, -0.2) is 0 Å². The van der Waals surface area contributed by atoms with Gasteiger partial charge in [0.2, 0.25) is 0 Å². The summed E-state index contributed by atoms with van der Waals surface area (Å²) in [4.78, 5) is 12.1. The summed E-state index contributed by atoms with van der Waals surface area (Å²) < 4.78 is 5.61. The molecule has 110 valence electrons. The SMILES string of the molecule is CC(C)(C)c1cccc(OCC(=O)c2cccc(Cl)c2)c1. The summed E-state index contributed by atoms with van der Waals surface area (Å²) in [6.45, 7) is 6.43. The average molecular weight is 303 g/mol. The quantitative estimate of drug-likeness (QED) is 0.751. The lowest BCUT2D eigenvalue weighted by atomic mass is 9.87. The predicted octanol–water partition coefficient (Wildman–Crippen LogP) is 4.90. The van der Waals surface area contributed by atoms with E-state index in [-0.39, 0.29) is 17.8 Å². The van der Waals surface area contributed by atoms with E-state index in [9.17, 15) is 4.79 Å². The minimum Gasteiger partial charge on any atom is -0.485 e. The summed E-state index contributed by atoms with van der Waals surface area (Å²) >= 11 is 5.88. The predicted molar refractivity (Wildman–Crippen MR) is 86.4 cm³/mol. The van der Waals surface area contributed by atoms with Gasteiger partial charge in [-0.3, -0.25) is 4.79 Å². The van der Waals surface area contributed by atoms with Crippen molar-refractivity contribution >= 4 is 17.4 Å². The molecule has 0 bridgehead atoms. The fourth-order valence-corrected chi connectivity index (χ4v) is 2.14. The topological polar surface area (TPSA) is 26.3 Å². The van der Waals surface area contributed by atoms with Crippen LogP contribution in [0.4, 0.5) is 0 Å². The minimum absolute atomic E-state index is 0.00788. The number of Topliss-reactive ketones (excluding diaryl/α,β-unsaturated/α-hetero) is 1. The normalized spacial score (nSPS) is 11.2. The highest BCUT2D eigenvalue weighted by atomic mass is 35.5. The van der Waals surface area contributed by atoms with Crippen LogP contribution < -0.4 is 4.74 Å². The Morgan fingerprint density at radius 1 is 1.10 bits per heavy atom. The highest BCUT2D eigenvalue weighted by Crippen LogP contribution is 2.25. The highest BCUT2D eigenvalue weighted by Gasteiger charge is 2.14. The molecule has 0 unspecified atom stereocenters. The zero-order chi connectivity index (χ0) is 15.5. The van der Waals surface area contributed by atoms with E-state index in [4.69, 9.17) is 16.3 Å². The van der Waals surface area contributed by atoms with Crippen molar-refractivity contribution in [3.63, 3.8) is 0 Å². The van der Waals surface area contributed by atoms with Crippen LogP contribution >= 0.6 is 11.6 Å². The molecule has 0 amide bonds. The molecule has 0 N–H and O–H groups in total. The van der Waals surface area contributed by atoms with Gasteiger partial charge in [0.05, 0.1) is 0 Å². The Hall–Kier alpha value is -1.80. The lowest BCUT2D eigenvalue weighted by molar-refractivity contribution is 0.0921. The molecule has 0 aliphatic carbocycles. The van der Waals surface area contributed by atoms with Crippen molar-refractivity contribution in [1.82, 2.24) is 0 Å². The van der Waals surface area contributed by atoms with Crippen molar-refractivity contribution in [3.8, 4) is 5.75 Å². The van der Waals surface area contributed by atoms with Crippen molar-refractivity contribution in [1.29, 1.82) is 0 Å². The fraction of sp³-hybridized carbons (Fsp3) is 0.278. The number of rotatable bonds is 4. The van der Waals surface area contributed by atoms with Gasteiger partial charge in [0.15, 0.2) is 12.4 Å². The van der Waals surface area contributed by atoms with Crippen LogP contribution in [-0.2, 0) is 5.41 Å². The number of halogens is 1. The molecule has 0 aromatic heterocycles. The Balaban J connectivity index is 2.05. The molecule has 2 rings (SSSR count). The van der Waals surface area contributed by atoms with Crippen LogP contribution in [-0.4, -0.2) is 12.4 Å². The van der Waals surface area contributed by atoms with Crippen LogP contribution in [0.5, 0.6) is 5.75 Å². The molecular weight excluding hydrogens is 284 g/mol. The Labute approximate surface area is 130 Å². The maximum absolute atomic E-state index is 12.1. The van der Waals surface area contributed by atoms with E-state index in [0.29, 0.717) is 16.3 Å². The third-order valence-electron chi connectivity index (χ3n) is 3.22. The Morgan fingerprint density at radius 3 is 2.48 bits per heavy atom. The summed E-state index contributed by atoms with van der Waals surface area (Å²) in [6, 6.07) is 14.7. The van der Waals surface area contributed by atoms with Crippen LogP contribution in [0.2, 0.25) is 5.02 Å². The third-order valence-corrected chi connectivity index (χ3v) is 3.45. The van der Waals surface area contributed by atoms with E-state index in [2.05, 4.69) is 26.8 Å². The second-order valence-corrected chi connectivity index (χ2v) is 6.44. The van der Waals surface area contributed by atoms with Gasteiger partial charge in [-0.1, -0.05) is 56.6 Å². The van der Waals surface area contributed by atoms with E-state index >= 15 is 0 Å². The van der Waals surface area contributed by atoms with Crippen LogP contribution in [0, 0.1) is 0 Å². The van der Waals surface area contributed by atoms with Crippen molar-refractivity contribution in [2.45, 2.75) is 26.2 Å². The standard InChI is InChI=1S/C18H19ClO2/c1-18(2,3)14-7-5-9-16(11-14)21-12-17(20)13-6-4-8-15(19)10-13/h4-11H,12H2,1-3H3. The molecule has 0 heterocycles. The highest BCUT2D eigenvalue weighted by molar-refractivity contribution is 6.31. The van der Waals surface area contributed by atoms with Gasteiger partial charge in [0.1, 0.15) is 5.75 Å². The molecule has 21 heavy (non-hydrogen) atoms. The zero-order valence-corrected chi connectivity index (χ0v) is 13.3. The fourth-order valence-electron chi connectivity index (χ4n) is 1.95. The van der Waals surface area contributed by atoms with E-state index in [1.165, 1.54) is 5.56 Å². The van der Waals surface area contributed by atoms with Crippen LogP contribution in [0.25, 0.3) is 0 Å². The number of ether oxygens (including phenoxy) is 1. The molecule has 2 aromatic rings. The Morgan fingerprint density at radius 2 is 1.81 bits per heavy atom. The summed E-state index contributed by atoms with van der Waals surface area (Å²) in [5.41, 5.74) is 1.79. The van der Waals surface area contributed by atoms with Gasteiger partial charge in [0.25, 0.3) is 0 Å². The first kappa shape index (κ1) is 15.6. The molecular formula is C18H19ClO2. The van der Waals surface area contributed by atoms with Crippen LogP contribution in [0.15, 0.2) is 48.5 Å². The van der Waals surface area contributed by atoms with Gasteiger partial charge in [0, 0.05) is 10.6 Å². The summed E-state index contributed by atoms with van der Waals surface area (Å²) in [5.74, 6) is 0.622. The molecule has 2 aromatic carbocycles. The molecule has 3 heteroatoms. The molecule has 0 spiro atoms. The van der Waals surface area contributed by atoms with E-state index < -0.39 is 0 Å². The van der Waals surface area contributed by atoms with E-state index in [1.54, 1.807) is 24.3 Å². The number of hydrogen-bond donors (Lipinski definition) is 0. The van der Waals surface area contributed by atoms with Crippen molar-refractivity contribution < 1.29 is 9.53 Å². The van der Waals surface area contributed by atoms with Gasteiger partial charge >= 0.3 is 0 Å². The summed E-state index contributed by atoms with van der Waals surface area (Å²) in [5, 5.41) is 0.551. The largest absolute Gasteiger partial charge is 0.485 e. The van der Waals surface area contributed by atoms with Crippen molar-refractivity contribution in [3.05, 3.63) is 64.7 Å². The first-order valence-electron chi connectivity index (χ1n) is 6.88. The summed E-state index contributed by atoms with van der Waals surface area (Å²) in [6.07, 6.45) is 0. The number of carbonyl (C=O) groups excluding carboxylic acids is 1. The molecule has 2 nitrogen and oxygen atoms in total. The van der Waals surface area contributed by atoms with Crippen LogP contribution in [0.3, 0.4) is 0 Å². The summed E-state index contributed by atoms with van der Waals surface area (Å²) in [7, 11) is 0. The number of hydrogen-bond acceptors (Lipinski definition) is 2. The number of ketones is 1. The first-order chi connectivity index (χ1) is 9.86. The van der Waals surface area contributed by atoms with Gasteiger partial charge in [-0.2, -0.15) is 0 Å². The maximum Gasteiger partial charge on any atom is 0.200 e. The van der Waals surface area contributed by atoms with E-state index in [0.717, 1.165) is 0 Å². The molecule has 0 aliphatic heterocycles. The van der Waals surface area contributed by atoms with Crippen molar-refractivity contribution in [2.24, 2.45) is 0 Å². The smallest absolute Gasteiger partial charge is 0.200 e. The van der Waals surface area contributed by atoms with Crippen LogP contribution in [0.1, 0.15) is 36.7 Å².